The molecule has 0 bridgehead atoms. The molecular formula is C16H18F2N2. The molecule has 2 rings (SSSR count). The number of halogens is 2. The van der Waals surface area contributed by atoms with Crippen LogP contribution >= 0.6 is 0 Å². The van der Waals surface area contributed by atoms with Gasteiger partial charge in [-0.2, -0.15) is 0 Å². The van der Waals surface area contributed by atoms with Crippen molar-refractivity contribution in [3.05, 3.63) is 65.2 Å². The molecule has 0 atom stereocenters. The van der Waals surface area contributed by atoms with Crippen LogP contribution in [0.2, 0.25) is 0 Å². The lowest BCUT2D eigenvalue weighted by Gasteiger charge is -2.23. The van der Waals surface area contributed by atoms with E-state index >= 15 is 0 Å². The van der Waals surface area contributed by atoms with Crippen LogP contribution in [0.4, 0.5) is 14.5 Å². The minimum absolute atomic E-state index is 0.233. The highest BCUT2D eigenvalue weighted by atomic mass is 19.1. The van der Waals surface area contributed by atoms with Crippen molar-refractivity contribution in [2.75, 3.05) is 19.0 Å². The molecule has 20 heavy (non-hydrogen) atoms. The molecule has 1 N–H and O–H groups in total. The van der Waals surface area contributed by atoms with Crippen molar-refractivity contribution in [3.63, 3.8) is 0 Å². The molecule has 0 spiro atoms. The van der Waals surface area contributed by atoms with Gasteiger partial charge in [0.25, 0.3) is 0 Å². The third-order valence-corrected chi connectivity index (χ3v) is 3.17. The van der Waals surface area contributed by atoms with Crippen molar-refractivity contribution >= 4 is 5.69 Å². The Bertz CT molecular complexity index is 584. The van der Waals surface area contributed by atoms with Gasteiger partial charge in [-0.25, -0.2) is 8.78 Å². The van der Waals surface area contributed by atoms with E-state index in [9.17, 15) is 8.78 Å². The molecule has 2 aromatic rings. The van der Waals surface area contributed by atoms with Crippen LogP contribution in [0, 0.1) is 11.6 Å². The topological polar surface area (TPSA) is 15.3 Å². The predicted molar refractivity (Wildman–Crippen MR) is 77.7 cm³/mol. The highest BCUT2D eigenvalue weighted by Crippen LogP contribution is 2.23. The van der Waals surface area contributed by atoms with E-state index < -0.39 is 0 Å². The van der Waals surface area contributed by atoms with Crippen LogP contribution in [-0.4, -0.2) is 14.1 Å². The van der Waals surface area contributed by atoms with Gasteiger partial charge in [-0.3, -0.25) is 0 Å². The maximum absolute atomic E-state index is 13.9. The van der Waals surface area contributed by atoms with Crippen molar-refractivity contribution in [1.82, 2.24) is 5.32 Å². The second-order valence-electron chi connectivity index (χ2n) is 4.75. The smallest absolute Gasteiger partial charge is 0.129 e. The van der Waals surface area contributed by atoms with E-state index in [1.54, 1.807) is 19.2 Å². The van der Waals surface area contributed by atoms with Gasteiger partial charge in [-0.1, -0.05) is 18.2 Å². The minimum Gasteiger partial charge on any atom is -0.370 e. The van der Waals surface area contributed by atoms with E-state index in [1.807, 2.05) is 24.1 Å². The molecule has 4 heteroatoms. The summed E-state index contributed by atoms with van der Waals surface area (Å²) in [6.45, 7) is 0.980. The quantitative estimate of drug-likeness (QED) is 0.901. The molecule has 0 radical (unpaired) electrons. The van der Waals surface area contributed by atoms with Gasteiger partial charge in [0.2, 0.25) is 0 Å². The Morgan fingerprint density at radius 2 is 1.85 bits per heavy atom. The van der Waals surface area contributed by atoms with Crippen LogP contribution in [0.25, 0.3) is 0 Å². The van der Waals surface area contributed by atoms with Crippen molar-refractivity contribution in [3.8, 4) is 0 Å². The molecule has 0 amide bonds. The highest BCUT2D eigenvalue weighted by Gasteiger charge is 2.11. The van der Waals surface area contributed by atoms with Crippen LogP contribution in [0.15, 0.2) is 42.5 Å². The molecule has 0 aliphatic heterocycles. The van der Waals surface area contributed by atoms with E-state index in [0.717, 1.165) is 11.3 Å². The Kier molecular flexibility index (Phi) is 4.69. The minimum atomic E-state index is -0.259. The lowest BCUT2D eigenvalue weighted by Crippen LogP contribution is -2.20. The molecule has 0 saturated heterocycles. The summed E-state index contributed by atoms with van der Waals surface area (Å²) in [4.78, 5) is 1.92. The Morgan fingerprint density at radius 1 is 1.10 bits per heavy atom. The molecule has 0 aliphatic rings. The molecular weight excluding hydrogens is 258 g/mol. The molecule has 0 saturated carbocycles. The number of hydrogen-bond acceptors (Lipinski definition) is 2. The zero-order valence-electron chi connectivity index (χ0n) is 11.7. The molecule has 2 nitrogen and oxygen atoms in total. The van der Waals surface area contributed by atoms with Crippen LogP contribution in [0.1, 0.15) is 11.1 Å². The number of anilines is 1. The van der Waals surface area contributed by atoms with E-state index in [0.29, 0.717) is 18.7 Å². The van der Waals surface area contributed by atoms with Crippen LogP contribution in [0.5, 0.6) is 0 Å². The summed E-state index contributed by atoms with van der Waals surface area (Å²) in [6.07, 6.45) is 0. The molecule has 106 valence electrons. The number of hydrogen-bond donors (Lipinski definition) is 1. The average molecular weight is 276 g/mol. The maximum atomic E-state index is 13.9. The number of nitrogens with one attached hydrogen (secondary N) is 1. The fourth-order valence-corrected chi connectivity index (χ4v) is 2.25. The Hall–Kier alpha value is -1.94. The van der Waals surface area contributed by atoms with E-state index in [1.165, 1.54) is 18.2 Å². The average Bonchev–Trinajstić information content (AvgIpc) is 2.41. The van der Waals surface area contributed by atoms with Gasteiger partial charge >= 0.3 is 0 Å². The lowest BCUT2D eigenvalue weighted by molar-refractivity contribution is 0.599. The highest BCUT2D eigenvalue weighted by molar-refractivity contribution is 5.54. The summed E-state index contributed by atoms with van der Waals surface area (Å²) in [6, 6.07) is 11.5. The SMILES string of the molecule is CNCc1c(F)cccc1N(C)Cc1cccc(F)c1. The van der Waals surface area contributed by atoms with Crippen LogP contribution in [0.3, 0.4) is 0 Å². The van der Waals surface area contributed by atoms with Gasteiger partial charge in [-0.05, 0) is 36.9 Å². The predicted octanol–water partition coefficient (Wildman–Crippen LogP) is 3.32. The second kappa shape index (κ2) is 6.48. The van der Waals surface area contributed by atoms with Gasteiger partial charge in [0, 0.05) is 31.4 Å². The summed E-state index contributed by atoms with van der Waals surface area (Å²) in [5, 5.41) is 2.97. The van der Waals surface area contributed by atoms with Crippen molar-refractivity contribution in [1.29, 1.82) is 0 Å². The van der Waals surface area contributed by atoms with Gasteiger partial charge in [-0.15, -0.1) is 0 Å². The largest absolute Gasteiger partial charge is 0.370 e. The molecule has 0 aromatic heterocycles. The molecule has 0 fully saturated rings. The zero-order valence-corrected chi connectivity index (χ0v) is 11.7. The van der Waals surface area contributed by atoms with Gasteiger partial charge in [0.1, 0.15) is 11.6 Å². The first kappa shape index (κ1) is 14.5. The Balaban J connectivity index is 2.25. The van der Waals surface area contributed by atoms with Crippen molar-refractivity contribution in [2.24, 2.45) is 0 Å². The van der Waals surface area contributed by atoms with E-state index in [4.69, 9.17) is 0 Å². The fraction of sp³-hybridized carbons (Fsp3) is 0.250. The fourth-order valence-electron chi connectivity index (χ4n) is 2.25. The van der Waals surface area contributed by atoms with Crippen molar-refractivity contribution < 1.29 is 8.78 Å². The Labute approximate surface area is 118 Å². The molecule has 0 unspecified atom stereocenters. The van der Waals surface area contributed by atoms with Gasteiger partial charge in [0.05, 0.1) is 0 Å². The normalized spacial score (nSPS) is 10.6. The standard InChI is InChI=1S/C16H18F2N2/c1-19-10-14-15(18)7-4-8-16(14)20(2)11-12-5-3-6-13(17)9-12/h3-9,19H,10-11H2,1-2H3. The number of rotatable bonds is 5. The summed E-state index contributed by atoms with van der Waals surface area (Å²) in [7, 11) is 3.65. The first-order valence-electron chi connectivity index (χ1n) is 6.49. The zero-order chi connectivity index (χ0) is 14.5. The summed E-state index contributed by atoms with van der Waals surface area (Å²) >= 11 is 0. The second-order valence-corrected chi connectivity index (χ2v) is 4.75. The third kappa shape index (κ3) is 3.33. The van der Waals surface area contributed by atoms with E-state index in [2.05, 4.69) is 5.32 Å². The summed E-state index contributed by atoms with van der Waals surface area (Å²) in [5.74, 6) is -0.492. The monoisotopic (exact) mass is 276 g/mol. The number of nitrogens with zero attached hydrogens (tertiary/aromatic N) is 1. The molecule has 2 aromatic carbocycles. The molecule has 0 aliphatic carbocycles. The maximum Gasteiger partial charge on any atom is 0.129 e. The van der Waals surface area contributed by atoms with E-state index in [-0.39, 0.29) is 11.6 Å². The third-order valence-electron chi connectivity index (χ3n) is 3.17. The van der Waals surface area contributed by atoms with Gasteiger partial charge < -0.3 is 10.2 Å². The summed E-state index contributed by atoms with van der Waals surface area (Å²) in [5.41, 5.74) is 2.28. The Morgan fingerprint density at radius 3 is 2.55 bits per heavy atom. The first-order valence-corrected chi connectivity index (χ1v) is 6.49. The summed E-state index contributed by atoms with van der Waals surface area (Å²) < 4.78 is 27.1. The molecule has 0 heterocycles. The van der Waals surface area contributed by atoms with Crippen molar-refractivity contribution in [2.45, 2.75) is 13.1 Å². The van der Waals surface area contributed by atoms with Crippen LogP contribution in [-0.2, 0) is 13.1 Å². The van der Waals surface area contributed by atoms with Gasteiger partial charge in [0.15, 0.2) is 0 Å². The first-order chi connectivity index (χ1) is 9.61. The lowest BCUT2D eigenvalue weighted by atomic mass is 10.1. The number of benzene rings is 2. The van der Waals surface area contributed by atoms with Crippen LogP contribution < -0.4 is 10.2 Å².